The van der Waals surface area contributed by atoms with Gasteiger partial charge in [-0.3, -0.25) is 0 Å². The summed E-state index contributed by atoms with van der Waals surface area (Å²) in [6, 6.07) is 19.7. The van der Waals surface area contributed by atoms with Crippen LogP contribution < -0.4 is 4.74 Å². The highest BCUT2D eigenvalue weighted by molar-refractivity contribution is 8.03. The first-order valence-electron chi connectivity index (χ1n) is 9.17. The third-order valence-electron chi connectivity index (χ3n) is 4.66. The van der Waals surface area contributed by atoms with Crippen LogP contribution in [-0.4, -0.2) is 21.3 Å². The number of phenolic OH excluding ortho intramolecular Hbond substituents is 2. The Bertz CT molecular complexity index is 1130. The molecule has 150 valence electrons. The highest BCUT2D eigenvalue weighted by Gasteiger charge is 2.27. The summed E-state index contributed by atoms with van der Waals surface area (Å²) in [5, 5.41) is 28.2. The number of hydrogen-bond acceptors (Lipinski definition) is 5. The zero-order valence-electron chi connectivity index (χ0n) is 15.7. The fourth-order valence-electron chi connectivity index (χ4n) is 3.25. The van der Waals surface area contributed by atoms with Crippen LogP contribution in [0.1, 0.15) is 22.6 Å². The van der Waals surface area contributed by atoms with Gasteiger partial charge in [-0.15, -0.1) is 0 Å². The molecular formula is C24H18O5S. The molecule has 0 aliphatic carbocycles. The molecule has 30 heavy (non-hydrogen) atoms. The van der Waals surface area contributed by atoms with Gasteiger partial charge in [0.2, 0.25) is 0 Å². The number of allylic oxidation sites excluding steroid dienone is 1. The minimum Gasteiger partial charge on any atom is -0.508 e. The quantitative estimate of drug-likeness (QED) is 0.484. The van der Waals surface area contributed by atoms with E-state index in [4.69, 9.17) is 9.84 Å². The minimum atomic E-state index is -0.993. The summed E-state index contributed by atoms with van der Waals surface area (Å²) in [6.45, 7) is 0. The van der Waals surface area contributed by atoms with Gasteiger partial charge in [-0.25, -0.2) is 4.79 Å². The van der Waals surface area contributed by atoms with E-state index in [1.54, 1.807) is 36.6 Å². The van der Waals surface area contributed by atoms with Crippen molar-refractivity contribution in [1.29, 1.82) is 0 Å². The lowest BCUT2D eigenvalue weighted by Crippen LogP contribution is -2.10. The molecule has 6 heteroatoms. The summed E-state index contributed by atoms with van der Waals surface area (Å²) in [5.74, 6) is -0.191. The van der Waals surface area contributed by atoms with Crippen LogP contribution in [0.5, 0.6) is 17.2 Å². The Hall–Kier alpha value is -3.64. The first-order valence-corrected chi connectivity index (χ1v) is 9.99. The Morgan fingerprint density at radius 3 is 2.33 bits per heavy atom. The van der Waals surface area contributed by atoms with Gasteiger partial charge in [0.25, 0.3) is 0 Å². The molecule has 3 aromatic carbocycles. The van der Waals surface area contributed by atoms with Crippen LogP contribution in [0.3, 0.4) is 0 Å². The molecule has 0 saturated heterocycles. The van der Waals surface area contributed by atoms with Gasteiger partial charge in [-0.1, -0.05) is 42.1 Å². The van der Waals surface area contributed by atoms with Gasteiger partial charge in [0.15, 0.2) is 0 Å². The lowest BCUT2D eigenvalue weighted by Gasteiger charge is -2.27. The van der Waals surface area contributed by atoms with E-state index in [2.05, 4.69) is 0 Å². The Morgan fingerprint density at radius 1 is 0.933 bits per heavy atom. The van der Waals surface area contributed by atoms with Gasteiger partial charge < -0.3 is 20.1 Å². The minimum absolute atomic E-state index is 0.120. The van der Waals surface area contributed by atoms with E-state index in [1.165, 1.54) is 11.8 Å². The van der Waals surface area contributed by atoms with E-state index in [1.807, 2.05) is 42.5 Å². The molecule has 0 amide bonds. The maximum atomic E-state index is 10.7. The van der Waals surface area contributed by atoms with Crippen LogP contribution >= 0.6 is 11.8 Å². The van der Waals surface area contributed by atoms with Gasteiger partial charge in [0.1, 0.15) is 23.5 Å². The summed E-state index contributed by atoms with van der Waals surface area (Å²) in [7, 11) is 0. The van der Waals surface area contributed by atoms with Crippen LogP contribution in [0.4, 0.5) is 0 Å². The SMILES string of the molecule is O=C(O)/C=C/c1ccc(C2C(Sc3ccc(O)cc3)=COc3cc(O)ccc32)cc1. The average Bonchev–Trinajstić information content (AvgIpc) is 2.74. The third-order valence-corrected chi connectivity index (χ3v) is 5.73. The van der Waals surface area contributed by atoms with Crippen LogP contribution in [0.2, 0.25) is 0 Å². The van der Waals surface area contributed by atoms with Crippen molar-refractivity contribution in [3.05, 3.63) is 101 Å². The number of carboxylic acid groups (broad SMARTS) is 1. The number of carbonyl (C=O) groups is 1. The standard InChI is InChI=1S/C24H18O5S/c25-17-6-9-19(10-7-17)30-22-14-29-21-13-18(26)8-11-20(21)24(22)16-4-1-15(2-5-16)3-12-23(27)28/h1-14,24-26H,(H,27,28)/b12-3+. The molecule has 1 aliphatic heterocycles. The monoisotopic (exact) mass is 418 g/mol. The third kappa shape index (κ3) is 4.34. The molecule has 4 rings (SSSR count). The predicted octanol–water partition coefficient (Wildman–Crippen LogP) is 5.35. The molecule has 5 nitrogen and oxygen atoms in total. The smallest absolute Gasteiger partial charge is 0.328 e. The Kier molecular flexibility index (Phi) is 5.50. The second-order valence-corrected chi connectivity index (χ2v) is 7.87. The van der Waals surface area contributed by atoms with Crippen molar-refractivity contribution < 1.29 is 24.9 Å². The van der Waals surface area contributed by atoms with Crippen LogP contribution in [0.25, 0.3) is 6.08 Å². The van der Waals surface area contributed by atoms with Crippen molar-refractivity contribution >= 4 is 23.8 Å². The van der Waals surface area contributed by atoms with E-state index in [-0.39, 0.29) is 17.4 Å². The summed E-state index contributed by atoms with van der Waals surface area (Å²) < 4.78 is 5.78. The lowest BCUT2D eigenvalue weighted by molar-refractivity contribution is -0.131. The zero-order valence-corrected chi connectivity index (χ0v) is 16.5. The molecule has 0 bridgehead atoms. The van der Waals surface area contributed by atoms with Gasteiger partial charge in [0, 0.05) is 33.4 Å². The predicted molar refractivity (Wildman–Crippen MR) is 116 cm³/mol. The van der Waals surface area contributed by atoms with Gasteiger partial charge in [-0.2, -0.15) is 0 Å². The molecule has 0 radical (unpaired) electrons. The lowest BCUT2D eigenvalue weighted by atomic mass is 9.88. The molecule has 1 heterocycles. The number of hydrogen-bond donors (Lipinski definition) is 3. The summed E-state index contributed by atoms with van der Waals surface area (Å²) >= 11 is 1.53. The van der Waals surface area contributed by atoms with Crippen LogP contribution in [-0.2, 0) is 4.79 Å². The van der Waals surface area contributed by atoms with E-state index < -0.39 is 5.97 Å². The van der Waals surface area contributed by atoms with Crippen molar-refractivity contribution in [1.82, 2.24) is 0 Å². The fraction of sp³-hybridized carbons (Fsp3) is 0.0417. The highest BCUT2D eigenvalue weighted by Crippen LogP contribution is 2.48. The van der Waals surface area contributed by atoms with Crippen molar-refractivity contribution in [3.63, 3.8) is 0 Å². The Morgan fingerprint density at radius 2 is 1.63 bits per heavy atom. The Labute approximate surface area is 177 Å². The number of aromatic hydroxyl groups is 2. The summed E-state index contributed by atoms with van der Waals surface area (Å²) in [6.07, 6.45) is 4.33. The van der Waals surface area contributed by atoms with E-state index in [0.29, 0.717) is 5.75 Å². The second-order valence-electron chi connectivity index (χ2n) is 6.73. The molecule has 3 N–H and O–H groups in total. The van der Waals surface area contributed by atoms with Gasteiger partial charge in [0.05, 0.1) is 0 Å². The molecule has 0 fully saturated rings. The van der Waals surface area contributed by atoms with Crippen molar-refractivity contribution in [2.45, 2.75) is 10.8 Å². The normalized spacial score (nSPS) is 15.3. The van der Waals surface area contributed by atoms with Crippen LogP contribution in [0.15, 0.2) is 88.9 Å². The maximum Gasteiger partial charge on any atom is 0.328 e. The molecule has 3 aromatic rings. The summed E-state index contributed by atoms with van der Waals surface area (Å²) in [5.41, 5.74) is 2.72. The molecule has 1 unspecified atom stereocenters. The number of ether oxygens (including phenoxy) is 1. The van der Waals surface area contributed by atoms with E-state index in [0.717, 1.165) is 32.6 Å². The summed E-state index contributed by atoms with van der Waals surface area (Å²) in [4.78, 5) is 12.6. The van der Waals surface area contributed by atoms with E-state index in [9.17, 15) is 15.0 Å². The van der Waals surface area contributed by atoms with Gasteiger partial charge >= 0.3 is 5.97 Å². The highest BCUT2D eigenvalue weighted by atomic mass is 32.2. The largest absolute Gasteiger partial charge is 0.508 e. The number of carboxylic acids is 1. The number of benzene rings is 3. The second kappa shape index (κ2) is 8.39. The topological polar surface area (TPSA) is 87.0 Å². The zero-order chi connectivity index (χ0) is 21.1. The Balaban J connectivity index is 1.71. The van der Waals surface area contributed by atoms with Gasteiger partial charge in [-0.05, 0) is 47.5 Å². The van der Waals surface area contributed by atoms with Crippen molar-refractivity contribution in [2.24, 2.45) is 0 Å². The molecule has 0 aromatic heterocycles. The molecule has 0 spiro atoms. The number of fused-ring (bicyclic) bond motifs is 1. The van der Waals surface area contributed by atoms with E-state index >= 15 is 0 Å². The molecule has 1 aliphatic rings. The average molecular weight is 418 g/mol. The fourth-order valence-corrected chi connectivity index (χ4v) is 4.27. The molecule has 0 saturated carbocycles. The molecule has 1 atom stereocenters. The number of thioether (sulfide) groups is 1. The first-order chi connectivity index (χ1) is 14.5. The van der Waals surface area contributed by atoms with Crippen LogP contribution in [0, 0.1) is 0 Å². The first kappa shape index (κ1) is 19.7. The molecular weight excluding hydrogens is 400 g/mol. The van der Waals surface area contributed by atoms with Crippen molar-refractivity contribution in [3.8, 4) is 17.2 Å². The number of rotatable bonds is 5. The number of phenols is 2. The number of aliphatic carboxylic acids is 1. The maximum absolute atomic E-state index is 10.7. The van der Waals surface area contributed by atoms with Crippen molar-refractivity contribution in [2.75, 3.05) is 0 Å².